The molecule has 4 N–H and O–H groups in total. The number of amides is 2. The van der Waals surface area contributed by atoms with Crippen LogP contribution in [0.3, 0.4) is 0 Å². The van der Waals surface area contributed by atoms with E-state index in [0.29, 0.717) is 30.3 Å². The Balaban J connectivity index is 1.40. The third kappa shape index (κ3) is 4.83. The molecule has 182 valence electrons. The van der Waals surface area contributed by atoms with Crippen LogP contribution in [0.25, 0.3) is 11.0 Å². The molecule has 4 aromatic rings. The Hall–Kier alpha value is -4.10. The lowest BCUT2D eigenvalue weighted by Gasteiger charge is -2.32. The number of aliphatic hydroxyl groups is 1. The average molecular weight is 481 g/mol. The molecule has 1 aliphatic carbocycles. The summed E-state index contributed by atoms with van der Waals surface area (Å²) >= 11 is 0. The van der Waals surface area contributed by atoms with Gasteiger partial charge < -0.3 is 16.2 Å². The maximum atomic E-state index is 13.2. The number of nitrogens with two attached hydrogens (primary N) is 1. The van der Waals surface area contributed by atoms with E-state index in [1.807, 2.05) is 72.8 Å². The highest BCUT2D eigenvalue weighted by Gasteiger charge is 2.45. The monoisotopic (exact) mass is 480 g/mol. The summed E-state index contributed by atoms with van der Waals surface area (Å²) < 4.78 is 0. The van der Waals surface area contributed by atoms with Gasteiger partial charge in [0.05, 0.1) is 34.8 Å². The van der Waals surface area contributed by atoms with E-state index in [0.717, 1.165) is 16.7 Å². The molecular weight excluding hydrogens is 452 g/mol. The number of para-hydroxylation sites is 2. The zero-order valence-electron chi connectivity index (χ0n) is 19.8. The van der Waals surface area contributed by atoms with Crippen LogP contribution in [0.15, 0.2) is 85.1 Å². The number of carbonyl (C=O) groups is 2. The van der Waals surface area contributed by atoms with E-state index in [1.165, 1.54) is 6.20 Å². The molecule has 7 nitrogen and oxygen atoms in total. The lowest BCUT2D eigenvalue weighted by Crippen LogP contribution is -2.49. The number of carbonyl (C=O) groups excluding carboxylic acids is 2. The number of aliphatic hydroxyl groups excluding tert-OH is 1. The Labute approximate surface area is 209 Å². The molecule has 1 aliphatic rings. The van der Waals surface area contributed by atoms with Crippen molar-refractivity contribution in [3.05, 3.63) is 107 Å². The fraction of sp³-hybridized carbons (Fsp3) is 0.241. The maximum absolute atomic E-state index is 13.2. The van der Waals surface area contributed by atoms with Crippen molar-refractivity contribution in [2.45, 2.75) is 37.8 Å². The molecule has 1 aromatic heterocycles. The summed E-state index contributed by atoms with van der Waals surface area (Å²) in [5.74, 6) is -0.876. The molecule has 2 atom stereocenters. The lowest BCUT2D eigenvalue weighted by atomic mass is 9.77. The van der Waals surface area contributed by atoms with E-state index in [-0.39, 0.29) is 12.1 Å². The van der Waals surface area contributed by atoms with Crippen molar-refractivity contribution in [1.29, 1.82) is 0 Å². The molecule has 0 unspecified atom stereocenters. The molecule has 0 saturated heterocycles. The molecule has 0 radical (unpaired) electrons. The first-order valence-electron chi connectivity index (χ1n) is 12.0. The van der Waals surface area contributed by atoms with Gasteiger partial charge in [-0.2, -0.15) is 0 Å². The zero-order chi connectivity index (χ0) is 25.1. The van der Waals surface area contributed by atoms with Crippen molar-refractivity contribution >= 4 is 22.8 Å². The van der Waals surface area contributed by atoms with E-state index in [9.17, 15) is 14.7 Å². The molecular formula is C29H28N4O3. The second kappa shape index (κ2) is 9.87. The number of benzene rings is 3. The number of nitrogens with one attached hydrogen (secondary N) is 1. The van der Waals surface area contributed by atoms with Crippen molar-refractivity contribution in [2.24, 2.45) is 11.1 Å². The number of rotatable bonds is 8. The Morgan fingerprint density at radius 1 is 0.917 bits per heavy atom. The van der Waals surface area contributed by atoms with Crippen LogP contribution in [-0.4, -0.2) is 39.0 Å². The molecule has 2 amide bonds. The number of primary amides is 1. The van der Waals surface area contributed by atoms with Gasteiger partial charge in [0.1, 0.15) is 5.69 Å². The molecule has 0 saturated carbocycles. The Morgan fingerprint density at radius 3 is 2.19 bits per heavy atom. The summed E-state index contributed by atoms with van der Waals surface area (Å²) in [6.07, 6.45) is 1.89. The summed E-state index contributed by atoms with van der Waals surface area (Å²) in [7, 11) is 0. The summed E-state index contributed by atoms with van der Waals surface area (Å²) in [6.45, 7) is 0. The van der Waals surface area contributed by atoms with Gasteiger partial charge in [0.2, 0.25) is 5.91 Å². The van der Waals surface area contributed by atoms with Crippen molar-refractivity contribution in [3.8, 4) is 0 Å². The predicted octanol–water partition coefficient (Wildman–Crippen LogP) is 2.99. The van der Waals surface area contributed by atoms with Crippen molar-refractivity contribution in [3.63, 3.8) is 0 Å². The van der Waals surface area contributed by atoms with Crippen molar-refractivity contribution in [2.75, 3.05) is 0 Å². The minimum absolute atomic E-state index is 0.137. The lowest BCUT2D eigenvalue weighted by molar-refractivity contribution is -0.129. The van der Waals surface area contributed by atoms with Gasteiger partial charge in [0, 0.05) is 0 Å². The molecule has 0 aliphatic heterocycles. The third-order valence-electron chi connectivity index (χ3n) is 7.06. The van der Waals surface area contributed by atoms with Gasteiger partial charge in [-0.25, -0.2) is 4.98 Å². The Morgan fingerprint density at radius 2 is 1.53 bits per heavy atom. The Bertz CT molecular complexity index is 1380. The standard InChI is InChI=1S/C29H28N4O3/c30-28(36)29(15-20-10-4-5-11-21(20)16-29)17-26(34)24(14-19-8-2-1-3-9-19)33-27(35)25-18-31-22-12-6-7-13-23(22)32-25/h1-13,18,24,26,34H,14-17H2,(H2,30,36)(H,33,35)/t24-,26-/m0/s1. The van der Waals surface area contributed by atoms with Crippen LogP contribution in [-0.2, 0) is 24.1 Å². The molecule has 0 spiro atoms. The molecule has 3 aromatic carbocycles. The van der Waals surface area contributed by atoms with E-state index in [1.54, 1.807) is 6.07 Å². The van der Waals surface area contributed by atoms with E-state index in [2.05, 4.69) is 15.3 Å². The van der Waals surface area contributed by atoms with Gasteiger partial charge in [-0.1, -0.05) is 66.7 Å². The van der Waals surface area contributed by atoms with Crippen molar-refractivity contribution in [1.82, 2.24) is 15.3 Å². The molecule has 0 bridgehead atoms. The van der Waals surface area contributed by atoms with E-state index in [4.69, 9.17) is 5.73 Å². The number of hydrogen-bond acceptors (Lipinski definition) is 5. The van der Waals surface area contributed by atoms with E-state index >= 15 is 0 Å². The van der Waals surface area contributed by atoms with Gasteiger partial charge in [-0.15, -0.1) is 0 Å². The molecule has 1 heterocycles. The average Bonchev–Trinajstić information content (AvgIpc) is 3.28. The molecule has 36 heavy (non-hydrogen) atoms. The molecule has 7 heteroatoms. The fourth-order valence-corrected chi connectivity index (χ4v) is 5.12. The second-order valence-corrected chi connectivity index (χ2v) is 9.55. The van der Waals surface area contributed by atoms with Crippen molar-refractivity contribution < 1.29 is 14.7 Å². The molecule has 5 rings (SSSR count). The smallest absolute Gasteiger partial charge is 0.271 e. The van der Waals surface area contributed by atoms with Gasteiger partial charge in [0.25, 0.3) is 5.91 Å². The van der Waals surface area contributed by atoms with Gasteiger partial charge in [-0.3, -0.25) is 14.6 Å². The Kier molecular flexibility index (Phi) is 6.48. The number of aromatic nitrogens is 2. The number of fused-ring (bicyclic) bond motifs is 2. The van der Waals surface area contributed by atoms with Crippen LogP contribution in [0.1, 0.15) is 33.6 Å². The highest BCUT2D eigenvalue weighted by atomic mass is 16.3. The minimum Gasteiger partial charge on any atom is -0.391 e. The largest absolute Gasteiger partial charge is 0.391 e. The quantitative estimate of drug-likeness (QED) is 0.358. The highest BCUT2D eigenvalue weighted by Crippen LogP contribution is 2.41. The van der Waals surface area contributed by atoms with Crippen LogP contribution in [0, 0.1) is 5.41 Å². The maximum Gasteiger partial charge on any atom is 0.271 e. The number of hydrogen-bond donors (Lipinski definition) is 3. The van der Waals surface area contributed by atoms with Crippen LogP contribution in [0.4, 0.5) is 0 Å². The van der Waals surface area contributed by atoms with Gasteiger partial charge in [0.15, 0.2) is 0 Å². The molecule has 0 fully saturated rings. The summed E-state index contributed by atoms with van der Waals surface area (Å²) in [5, 5.41) is 14.4. The van der Waals surface area contributed by atoms with Crippen LogP contribution in [0.5, 0.6) is 0 Å². The van der Waals surface area contributed by atoms with Crippen LogP contribution < -0.4 is 11.1 Å². The third-order valence-corrected chi connectivity index (χ3v) is 7.06. The van der Waals surface area contributed by atoms with Crippen LogP contribution >= 0.6 is 0 Å². The van der Waals surface area contributed by atoms with E-state index < -0.39 is 29.4 Å². The SMILES string of the molecule is NC(=O)C1(C[C@H](O)[C@H](Cc2ccccc2)NC(=O)c2cnc3ccccc3n2)Cc2ccccc2C1. The van der Waals surface area contributed by atoms with Gasteiger partial charge in [-0.05, 0) is 54.5 Å². The minimum atomic E-state index is -1.01. The first kappa shape index (κ1) is 23.6. The first-order chi connectivity index (χ1) is 17.4. The topological polar surface area (TPSA) is 118 Å². The number of nitrogens with zero attached hydrogens (tertiary/aromatic N) is 2. The van der Waals surface area contributed by atoms with Gasteiger partial charge >= 0.3 is 0 Å². The van der Waals surface area contributed by atoms with Crippen LogP contribution in [0.2, 0.25) is 0 Å². The fourth-order valence-electron chi connectivity index (χ4n) is 5.12. The highest BCUT2D eigenvalue weighted by molar-refractivity contribution is 5.94. The summed E-state index contributed by atoms with van der Waals surface area (Å²) in [4.78, 5) is 34.7. The predicted molar refractivity (Wildman–Crippen MR) is 137 cm³/mol. The normalized spacial score (nSPS) is 15.7. The second-order valence-electron chi connectivity index (χ2n) is 9.55. The zero-order valence-corrected chi connectivity index (χ0v) is 19.8. The summed E-state index contributed by atoms with van der Waals surface area (Å²) in [5.41, 5.74) is 9.55. The summed E-state index contributed by atoms with van der Waals surface area (Å²) in [6, 6.07) is 24.1. The first-order valence-corrected chi connectivity index (χ1v) is 12.0.